The smallest absolute Gasteiger partial charge is 0.385 e. The molecular weight excluding hydrogens is 492 g/mol. The third-order valence-electron chi connectivity index (χ3n) is 7.13. The number of hydrogen-bond acceptors (Lipinski definition) is 5. The van der Waals surface area contributed by atoms with Crippen molar-refractivity contribution in [3.05, 3.63) is 71.2 Å². The van der Waals surface area contributed by atoms with Gasteiger partial charge in [0.25, 0.3) is 0 Å². The molecule has 37 heavy (non-hydrogen) atoms. The van der Waals surface area contributed by atoms with E-state index in [4.69, 9.17) is 0 Å². The third kappa shape index (κ3) is 5.11. The van der Waals surface area contributed by atoms with Crippen LogP contribution in [0.25, 0.3) is 10.9 Å². The molecule has 0 radical (unpaired) electrons. The number of nitrogens with one attached hydrogen (secondary N) is 1. The van der Waals surface area contributed by atoms with Gasteiger partial charge in [0.2, 0.25) is 0 Å². The predicted octanol–water partition coefficient (Wildman–Crippen LogP) is 4.11. The predicted molar refractivity (Wildman–Crippen MR) is 128 cm³/mol. The van der Waals surface area contributed by atoms with Gasteiger partial charge in [0.05, 0.1) is 28.6 Å². The number of aliphatic hydroxyl groups is 2. The summed E-state index contributed by atoms with van der Waals surface area (Å²) in [6.45, 7) is 1.54. The maximum absolute atomic E-state index is 15.7. The van der Waals surface area contributed by atoms with Crippen LogP contribution >= 0.6 is 0 Å². The van der Waals surface area contributed by atoms with E-state index in [2.05, 4.69) is 10.3 Å². The molecule has 2 aliphatic rings. The molecule has 3 N–H and O–H groups in total. The van der Waals surface area contributed by atoms with Gasteiger partial charge in [0.1, 0.15) is 12.0 Å². The van der Waals surface area contributed by atoms with Gasteiger partial charge >= 0.3 is 12.2 Å². The van der Waals surface area contributed by atoms with Crippen LogP contribution in [0.1, 0.15) is 36.0 Å². The first-order valence-corrected chi connectivity index (χ1v) is 12.0. The van der Waals surface area contributed by atoms with Crippen LogP contribution in [0, 0.1) is 5.82 Å². The number of aromatic nitrogens is 1. The molecule has 0 saturated carbocycles. The van der Waals surface area contributed by atoms with Crippen molar-refractivity contribution in [3.63, 3.8) is 0 Å². The summed E-state index contributed by atoms with van der Waals surface area (Å²) in [6.07, 6.45) is -3.05. The Balaban J connectivity index is 1.32. The van der Waals surface area contributed by atoms with Gasteiger partial charge in [-0.15, -0.1) is 0 Å². The van der Waals surface area contributed by atoms with Crippen molar-refractivity contribution >= 4 is 22.6 Å². The van der Waals surface area contributed by atoms with Gasteiger partial charge in [-0.3, -0.25) is 14.8 Å². The fourth-order valence-corrected chi connectivity index (χ4v) is 4.96. The van der Waals surface area contributed by atoms with Gasteiger partial charge in [-0.2, -0.15) is 13.2 Å². The molecule has 196 valence electrons. The minimum atomic E-state index is -4.39. The molecule has 2 aliphatic heterocycles. The first-order chi connectivity index (χ1) is 17.5. The summed E-state index contributed by atoms with van der Waals surface area (Å²) in [5.41, 5.74) is -0.489. The molecule has 3 aromatic rings. The number of carbonyl (C=O) groups excluding carboxylic acids is 1. The summed E-state index contributed by atoms with van der Waals surface area (Å²) >= 11 is 0. The maximum atomic E-state index is 15.7. The molecule has 2 aromatic carbocycles. The molecule has 0 bridgehead atoms. The van der Waals surface area contributed by atoms with Crippen LogP contribution in [0.15, 0.2) is 48.7 Å². The summed E-state index contributed by atoms with van der Waals surface area (Å²) in [4.78, 5) is 19.9. The fourth-order valence-electron chi connectivity index (χ4n) is 4.96. The normalized spacial score (nSPS) is 20.8. The van der Waals surface area contributed by atoms with Crippen LogP contribution in [-0.4, -0.2) is 52.0 Å². The van der Waals surface area contributed by atoms with Crippen molar-refractivity contribution < 1.29 is 32.6 Å². The Kier molecular flexibility index (Phi) is 6.55. The second-order valence-corrected chi connectivity index (χ2v) is 9.60. The minimum Gasteiger partial charge on any atom is -0.385 e. The zero-order valence-electron chi connectivity index (χ0n) is 19.8. The number of rotatable bonds is 4. The van der Waals surface area contributed by atoms with E-state index in [1.54, 1.807) is 6.07 Å². The van der Waals surface area contributed by atoms with E-state index in [1.165, 1.54) is 35.4 Å². The van der Waals surface area contributed by atoms with Gasteiger partial charge in [0.15, 0.2) is 0 Å². The first kappa shape index (κ1) is 25.4. The van der Waals surface area contributed by atoms with E-state index in [0.717, 1.165) is 17.7 Å². The average Bonchev–Trinajstić information content (AvgIpc) is 2.85. The number of aliphatic hydroxyl groups excluding tert-OH is 1. The van der Waals surface area contributed by atoms with Crippen LogP contribution in [0.5, 0.6) is 0 Å². The number of halogens is 4. The Bertz CT molecular complexity index is 1310. The highest BCUT2D eigenvalue weighted by Crippen LogP contribution is 2.38. The van der Waals surface area contributed by atoms with Crippen molar-refractivity contribution in [2.75, 3.05) is 24.5 Å². The van der Waals surface area contributed by atoms with Gasteiger partial charge in [-0.25, -0.2) is 9.18 Å². The number of hydrogen-bond donors (Lipinski definition) is 3. The summed E-state index contributed by atoms with van der Waals surface area (Å²) in [7, 11) is 0. The molecule has 2 fully saturated rings. The summed E-state index contributed by atoms with van der Waals surface area (Å²) in [5, 5.41) is 23.6. The number of likely N-dealkylation sites (tertiary alicyclic amines) is 1. The van der Waals surface area contributed by atoms with Crippen LogP contribution in [-0.2, 0) is 18.3 Å². The lowest BCUT2D eigenvalue weighted by Crippen LogP contribution is -2.51. The van der Waals surface area contributed by atoms with Crippen LogP contribution in [0.3, 0.4) is 0 Å². The zero-order chi connectivity index (χ0) is 26.4. The molecule has 7 nitrogen and oxygen atoms in total. The lowest BCUT2D eigenvalue weighted by atomic mass is 9.83. The zero-order valence-corrected chi connectivity index (χ0v) is 19.8. The van der Waals surface area contributed by atoms with E-state index in [-0.39, 0.29) is 30.3 Å². The van der Waals surface area contributed by atoms with Gasteiger partial charge in [0, 0.05) is 43.5 Å². The number of urea groups is 1. The molecule has 11 heteroatoms. The van der Waals surface area contributed by atoms with Crippen LogP contribution in [0.4, 0.5) is 28.0 Å². The molecule has 2 amide bonds. The van der Waals surface area contributed by atoms with E-state index in [1.807, 2.05) is 4.90 Å². The van der Waals surface area contributed by atoms with E-state index in [0.29, 0.717) is 37.3 Å². The Morgan fingerprint density at radius 1 is 1.08 bits per heavy atom. The second kappa shape index (κ2) is 9.55. The number of piperidine rings is 1. The van der Waals surface area contributed by atoms with Gasteiger partial charge < -0.3 is 15.5 Å². The maximum Gasteiger partial charge on any atom is 0.416 e. The summed E-state index contributed by atoms with van der Waals surface area (Å²) in [6, 6.07) is 9.17. The van der Waals surface area contributed by atoms with Crippen LogP contribution < -0.4 is 10.2 Å². The average molecular weight is 519 g/mol. The molecule has 2 saturated heterocycles. The first-order valence-electron chi connectivity index (χ1n) is 12.0. The number of alkyl halides is 3. The molecule has 0 spiro atoms. The van der Waals surface area contributed by atoms with Crippen molar-refractivity contribution in [1.29, 1.82) is 0 Å². The third-order valence-corrected chi connectivity index (χ3v) is 7.13. The lowest BCUT2D eigenvalue weighted by Gasteiger charge is -2.39. The number of benzene rings is 2. The van der Waals surface area contributed by atoms with Crippen molar-refractivity contribution in [2.45, 2.75) is 43.8 Å². The Labute approximate surface area is 210 Å². The summed E-state index contributed by atoms with van der Waals surface area (Å²) in [5.74, 6) is -0.608. The molecule has 1 atom stereocenters. The highest BCUT2D eigenvalue weighted by atomic mass is 19.4. The quantitative estimate of drug-likeness (QED) is 0.453. The fraction of sp³-hybridized carbons (Fsp3) is 0.385. The van der Waals surface area contributed by atoms with Crippen molar-refractivity contribution in [2.24, 2.45) is 0 Å². The largest absolute Gasteiger partial charge is 0.416 e. The summed E-state index contributed by atoms with van der Waals surface area (Å²) < 4.78 is 54.1. The number of carbonyl (C=O) groups is 1. The number of nitrogens with zero attached hydrogens (tertiary/aromatic N) is 3. The van der Waals surface area contributed by atoms with Gasteiger partial charge in [-0.05, 0) is 42.7 Å². The van der Waals surface area contributed by atoms with E-state index >= 15 is 4.39 Å². The van der Waals surface area contributed by atoms with E-state index in [9.17, 15) is 28.2 Å². The van der Waals surface area contributed by atoms with Gasteiger partial charge in [-0.1, -0.05) is 18.2 Å². The topological polar surface area (TPSA) is 88.9 Å². The molecule has 0 aliphatic carbocycles. The Morgan fingerprint density at radius 2 is 1.78 bits per heavy atom. The molecular formula is C26H26F4N4O3. The number of pyridine rings is 1. The molecule has 5 rings (SSSR count). The number of anilines is 1. The molecule has 1 aromatic heterocycles. The number of fused-ring (bicyclic) bond motifs is 1. The number of amides is 2. The Morgan fingerprint density at radius 3 is 2.43 bits per heavy atom. The highest BCUT2D eigenvalue weighted by Gasteiger charge is 2.37. The standard InChI is InChI=1S/C26H26F4N4O3/c27-23-19-13-18(34-10-7-22(35)32-24(34)36)14-31-21(19)6-5-20(23)25(37)8-11-33(12-9-25)15-16-1-3-17(4-2-16)26(28,29)30/h1-6,13-14,22,35,37H,7-12,15H2,(H,32,36). The second-order valence-electron chi connectivity index (χ2n) is 9.60. The lowest BCUT2D eigenvalue weighted by molar-refractivity contribution is -0.137. The Hall–Kier alpha value is -3.28. The molecule has 1 unspecified atom stereocenters. The monoisotopic (exact) mass is 518 g/mol. The van der Waals surface area contributed by atoms with E-state index < -0.39 is 35.4 Å². The molecule has 3 heterocycles. The van der Waals surface area contributed by atoms with Crippen LogP contribution in [0.2, 0.25) is 0 Å². The minimum absolute atomic E-state index is 0.145. The van der Waals surface area contributed by atoms with Crippen molar-refractivity contribution in [3.8, 4) is 0 Å². The van der Waals surface area contributed by atoms with Crippen molar-refractivity contribution in [1.82, 2.24) is 15.2 Å². The highest BCUT2D eigenvalue weighted by molar-refractivity contribution is 5.95. The SMILES string of the molecule is O=C1NC(O)CCN1c1cnc2ccc(C3(O)CCN(Cc4ccc(C(F)(F)F)cc4)CC3)c(F)c2c1.